The molecule has 2 nitrogen and oxygen atoms in total. The number of benzene rings is 2. The predicted octanol–water partition coefficient (Wildman–Crippen LogP) is 3.79. The number of hydrogen-bond donors (Lipinski definition) is 1. The zero-order valence-corrected chi connectivity index (χ0v) is 9.48. The van der Waals surface area contributed by atoms with E-state index in [9.17, 15) is 9.18 Å². The fourth-order valence-electron chi connectivity index (χ4n) is 2.23. The lowest BCUT2D eigenvalue weighted by atomic mass is 9.97. The number of carbonyl (C=O) groups excluding carboxylic acids is 1. The highest BCUT2D eigenvalue weighted by atomic mass is 19.1. The minimum Gasteiger partial charge on any atom is -0.361 e. The van der Waals surface area contributed by atoms with E-state index in [1.807, 2.05) is 24.3 Å². The third-order valence-corrected chi connectivity index (χ3v) is 3.04. The second-order valence-corrected chi connectivity index (χ2v) is 4.07. The van der Waals surface area contributed by atoms with Gasteiger partial charge in [-0.3, -0.25) is 4.79 Å². The van der Waals surface area contributed by atoms with Crippen LogP contribution in [0.5, 0.6) is 0 Å². The number of H-pyrrole nitrogens is 1. The van der Waals surface area contributed by atoms with Gasteiger partial charge in [0.2, 0.25) is 0 Å². The summed E-state index contributed by atoms with van der Waals surface area (Å²) in [5.74, 6) is -0.381. The topological polar surface area (TPSA) is 32.9 Å². The lowest BCUT2D eigenvalue weighted by Gasteiger charge is -2.08. The third kappa shape index (κ3) is 1.52. The van der Waals surface area contributed by atoms with Crippen LogP contribution < -0.4 is 0 Å². The highest BCUT2D eigenvalue weighted by Gasteiger charge is 2.13. The first kappa shape index (κ1) is 10.7. The zero-order chi connectivity index (χ0) is 12.5. The van der Waals surface area contributed by atoms with E-state index in [0.29, 0.717) is 17.4 Å². The van der Waals surface area contributed by atoms with Crippen LogP contribution in [0.15, 0.2) is 48.7 Å². The summed E-state index contributed by atoms with van der Waals surface area (Å²) in [6, 6.07) is 12.0. The van der Waals surface area contributed by atoms with Crippen LogP contribution in [0.25, 0.3) is 22.0 Å². The van der Waals surface area contributed by atoms with Crippen LogP contribution in [-0.2, 0) is 0 Å². The second-order valence-electron chi connectivity index (χ2n) is 4.07. The first-order chi connectivity index (χ1) is 8.81. The maximum absolute atomic E-state index is 14.0. The van der Waals surface area contributed by atoms with Crippen LogP contribution in [0.2, 0.25) is 0 Å². The Hall–Kier alpha value is -2.42. The molecule has 0 aliphatic carbocycles. The molecule has 0 radical (unpaired) electrons. The highest BCUT2D eigenvalue weighted by Crippen LogP contribution is 2.32. The van der Waals surface area contributed by atoms with Crippen LogP contribution in [0.3, 0.4) is 0 Å². The molecule has 0 aliphatic rings. The van der Waals surface area contributed by atoms with Gasteiger partial charge in [-0.15, -0.1) is 0 Å². The fourth-order valence-corrected chi connectivity index (χ4v) is 2.23. The van der Waals surface area contributed by atoms with Gasteiger partial charge in [-0.25, -0.2) is 4.39 Å². The number of aldehydes is 1. The van der Waals surface area contributed by atoms with Crippen molar-refractivity contribution >= 4 is 17.2 Å². The maximum atomic E-state index is 14.0. The Labute approximate surface area is 103 Å². The Kier molecular flexibility index (Phi) is 2.45. The van der Waals surface area contributed by atoms with E-state index in [4.69, 9.17) is 0 Å². The Morgan fingerprint density at radius 2 is 1.89 bits per heavy atom. The molecule has 0 unspecified atom stereocenters. The quantitative estimate of drug-likeness (QED) is 0.678. The third-order valence-electron chi connectivity index (χ3n) is 3.04. The molecule has 0 aliphatic heterocycles. The van der Waals surface area contributed by atoms with Gasteiger partial charge < -0.3 is 4.98 Å². The SMILES string of the molecule is O=Cc1cccc(F)c1-c1cccc2[nH]ccc12. The summed E-state index contributed by atoms with van der Waals surface area (Å²) in [5.41, 5.74) is 2.38. The van der Waals surface area contributed by atoms with Crippen molar-refractivity contribution in [3.05, 3.63) is 60.0 Å². The molecule has 0 saturated carbocycles. The first-order valence-corrected chi connectivity index (χ1v) is 5.61. The molecular weight excluding hydrogens is 229 g/mol. The van der Waals surface area contributed by atoms with Gasteiger partial charge in [0.25, 0.3) is 0 Å². The van der Waals surface area contributed by atoms with Crippen LogP contribution in [0.4, 0.5) is 4.39 Å². The van der Waals surface area contributed by atoms with Gasteiger partial charge in [-0.1, -0.05) is 24.3 Å². The summed E-state index contributed by atoms with van der Waals surface area (Å²) in [6.45, 7) is 0. The summed E-state index contributed by atoms with van der Waals surface area (Å²) >= 11 is 0. The van der Waals surface area contributed by atoms with Crippen LogP contribution in [0, 0.1) is 5.82 Å². The molecule has 3 rings (SSSR count). The average molecular weight is 239 g/mol. The van der Waals surface area contributed by atoms with Crippen LogP contribution in [-0.4, -0.2) is 11.3 Å². The molecule has 0 fully saturated rings. The molecule has 1 N–H and O–H groups in total. The summed E-state index contributed by atoms with van der Waals surface area (Å²) in [4.78, 5) is 14.1. The molecule has 1 heterocycles. The summed E-state index contributed by atoms with van der Waals surface area (Å²) in [6.07, 6.45) is 2.49. The van der Waals surface area contributed by atoms with Crippen molar-refractivity contribution in [1.29, 1.82) is 0 Å². The van der Waals surface area contributed by atoms with Crippen molar-refractivity contribution in [2.75, 3.05) is 0 Å². The zero-order valence-electron chi connectivity index (χ0n) is 9.48. The second kappa shape index (κ2) is 4.11. The molecule has 0 amide bonds. The molecule has 2 aromatic carbocycles. The number of aromatic amines is 1. The van der Waals surface area contributed by atoms with E-state index in [0.717, 1.165) is 16.5 Å². The van der Waals surface area contributed by atoms with Gasteiger partial charge in [-0.2, -0.15) is 0 Å². The monoisotopic (exact) mass is 239 g/mol. The predicted molar refractivity (Wildman–Crippen MR) is 69.1 cm³/mol. The molecule has 0 atom stereocenters. The van der Waals surface area contributed by atoms with Crippen molar-refractivity contribution in [3.8, 4) is 11.1 Å². The summed E-state index contributed by atoms with van der Waals surface area (Å²) in [5, 5.41) is 0.908. The number of hydrogen-bond acceptors (Lipinski definition) is 1. The van der Waals surface area contributed by atoms with Gasteiger partial charge in [-0.05, 0) is 23.8 Å². The molecule has 0 saturated heterocycles. The molecule has 3 aromatic rings. The van der Waals surface area contributed by atoms with Gasteiger partial charge >= 0.3 is 0 Å². The van der Waals surface area contributed by atoms with Crippen molar-refractivity contribution < 1.29 is 9.18 Å². The summed E-state index contributed by atoms with van der Waals surface area (Å²) in [7, 11) is 0. The normalized spacial score (nSPS) is 10.7. The number of nitrogens with one attached hydrogen (secondary N) is 1. The minimum atomic E-state index is -0.381. The first-order valence-electron chi connectivity index (χ1n) is 5.61. The number of rotatable bonds is 2. The van der Waals surface area contributed by atoms with Gasteiger partial charge in [0.05, 0.1) is 0 Å². The Morgan fingerprint density at radius 1 is 1.06 bits per heavy atom. The van der Waals surface area contributed by atoms with Crippen LogP contribution in [0.1, 0.15) is 10.4 Å². The van der Waals surface area contributed by atoms with E-state index >= 15 is 0 Å². The number of halogens is 1. The minimum absolute atomic E-state index is 0.359. The van der Waals surface area contributed by atoms with Crippen molar-refractivity contribution in [3.63, 3.8) is 0 Å². The molecule has 0 spiro atoms. The molecule has 3 heteroatoms. The van der Waals surface area contributed by atoms with E-state index in [-0.39, 0.29) is 5.82 Å². The highest BCUT2D eigenvalue weighted by molar-refractivity contribution is 5.99. The van der Waals surface area contributed by atoms with E-state index in [1.165, 1.54) is 6.07 Å². The maximum Gasteiger partial charge on any atom is 0.150 e. The number of fused-ring (bicyclic) bond motifs is 1. The Morgan fingerprint density at radius 3 is 2.72 bits per heavy atom. The number of aromatic nitrogens is 1. The number of carbonyl (C=O) groups is 1. The molecule has 0 bridgehead atoms. The smallest absolute Gasteiger partial charge is 0.150 e. The Bertz CT molecular complexity index is 730. The van der Waals surface area contributed by atoms with Gasteiger partial charge in [0.1, 0.15) is 5.82 Å². The fraction of sp³-hybridized carbons (Fsp3) is 0. The van der Waals surface area contributed by atoms with E-state index in [1.54, 1.807) is 18.3 Å². The molecule has 88 valence electrons. The molecule has 1 aromatic heterocycles. The standard InChI is InChI=1S/C15H10FNO/c16-13-5-1-3-10(9-18)15(13)12-4-2-6-14-11(12)7-8-17-14/h1-9,17H. The van der Waals surface area contributed by atoms with Gasteiger partial charge in [0, 0.05) is 28.2 Å². The molecule has 18 heavy (non-hydrogen) atoms. The average Bonchev–Trinajstić information content (AvgIpc) is 2.86. The lowest BCUT2D eigenvalue weighted by molar-refractivity contribution is 0.112. The van der Waals surface area contributed by atoms with E-state index < -0.39 is 0 Å². The largest absolute Gasteiger partial charge is 0.361 e. The lowest BCUT2D eigenvalue weighted by Crippen LogP contribution is -1.92. The van der Waals surface area contributed by atoms with Gasteiger partial charge in [0.15, 0.2) is 6.29 Å². The van der Waals surface area contributed by atoms with Crippen molar-refractivity contribution in [2.24, 2.45) is 0 Å². The van der Waals surface area contributed by atoms with E-state index in [2.05, 4.69) is 4.98 Å². The Balaban J connectivity index is 2.39. The molecular formula is C15H10FNO. The van der Waals surface area contributed by atoms with Crippen molar-refractivity contribution in [2.45, 2.75) is 0 Å². The summed E-state index contributed by atoms with van der Waals surface area (Å²) < 4.78 is 14.0. The van der Waals surface area contributed by atoms with Crippen molar-refractivity contribution in [1.82, 2.24) is 4.98 Å². The van der Waals surface area contributed by atoms with Crippen LogP contribution >= 0.6 is 0 Å².